The van der Waals surface area contributed by atoms with Crippen LogP contribution in [0.1, 0.15) is 5.56 Å². The maximum absolute atomic E-state index is 12.9. The van der Waals surface area contributed by atoms with Gasteiger partial charge in [-0.3, -0.25) is 0 Å². The molecular formula is C7H2Cl2F3N. The van der Waals surface area contributed by atoms with Gasteiger partial charge in [0.2, 0.25) is 0 Å². The van der Waals surface area contributed by atoms with Gasteiger partial charge in [0.05, 0.1) is 5.56 Å². The molecule has 1 N–H and O–H groups in total. The minimum atomic E-state index is -1.36. The molecule has 1 aromatic carbocycles. The highest BCUT2D eigenvalue weighted by atomic mass is 35.5. The van der Waals surface area contributed by atoms with Crippen LogP contribution in [0.4, 0.5) is 13.2 Å². The van der Waals surface area contributed by atoms with Crippen LogP contribution >= 0.6 is 23.2 Å². The van der Waals surface area contributed by atoms with Crippen molar-refractivity contribution in [2.24, 2.45) is 0 Å². The molecule has 0 radical (unpaired) electrons. The minimum Gasteiger partial charge on any atom is -0.308 e. The Balaban J connectivity index is 3.66. The zero-order valence-corrected chi connectivity index (χ0v) is 7.48. The largest absolute Gasteiger partial charge is 0.308 e. The van der Waals surface area contributed by atoms with Crippen LogP contribution in [0.3, 0.4) is 0 Å². The third kappa shape index (κ3) is 1.51. The predicted octanol–water partition coefficient (Wildman–Crippen LogP) is 3.41. The van der Waals surface area contributed by atoms with Gasteiger partial charge in [-0.2, -0.15) is 0 Å². The van der Waals surface area contributed by atoms with E-state index in [9.17, 15) is 13.2 Å². The van der Waals surface area contributed by atoms with Crippen molar-refractivity contribution < 1.29 is 13.2 Å². The Morgan fingerprint density at radius 1 is 0.923 bits per heavy atom. The fourth-order valence-corrected chi connectivity index (χ4v) is 1.19. The van der Waals surface area contributed by atoms with Gasteiger partial charge in [0.15, 0.2) is 17.5 Å². The smallest absolute Gasteiger partial charge is 0.166 e. The van der Waals surface area contributed by atoms with E-state index < -0.39 is 33.1 Å². The molecule has 0 aliphatic rings. The number of hydrogen-bond acceptors (Lipinski definition) is 1. The van der Waals surface area contributed by atoms with Crippen LogP contribution in [0.2, 0.25) is 10.0 Å². The molecule has 0 aromatic heterocycles. The Kier molecular flexibility index (Phi) is 2.83. The molecule has 0 saturated carbocycles. The molecule has 1 aromatic rings. The second kappa shape index (κ2) is 3.55. The fourth-order valence-electron chi connectivity index (χ4n) is 0.749. The molecule has 1 rings (SSSR count). The van der Waals surface area contributed by atoms with E-state index in [-0.39, 0.29) is 0 Å². The topological polar surface area (TPSA) is 23.9 Å². The molecule has 0 amide bonds. The van der Waals surface area contributed by atoms with Crippen molar-refractivity contribution in [3.8, 4) is 0 Å². The van der Waals surface area contributed by atoms with Crippen LogP contribution in [-0.2, 0) is 0 Å². The van der Waals surface area contributed by atoms with E-state index in [1.165, 1.54) is 0 Å². The van der Waals surface area contributed by atoms with Crippen molar-refractivity contribution in [3.63, 3.8) is 0 Å². The number of nitrogens with one attached hydrogen (secondary N) is 1. The van der Waals surface area contributed by atoms with Gasteiger partial charge < -0.3 is 5.41 Å². The molecule has 1 nitrogen and oxygen atoms in total. The second-order valence-electron chi connectivity index (χ2n) is 2.13. The standard InChI is InChI=1S/C7H2Cl2F3N/c8-3-5(10)2(1-13)6(11)4(9)7(3)12/h1,13H. The van der Waals surface area contributed by atoms with Crippen molar-refractivity contribution >= 4 is 29.4 Å². The van der Waals surface area contributed by atoms with Crippen LogP contribution in [0, 0.1) is 22.9 Å². The van der Waals surface area contributed by atoms with Gasteiger partial charge in [-0.1, -0.05) is 23.2 Å². The Labute approximate surface area is 81.6 Å². The van der Waals surface area contributed by atoms with Crippen molar-refractivity contribution in [1.82, 2.24) is 0 Å². The second-order valence-corrected chi connectivity index (χ2v) is 2.88. The van der Waals surface area contributed by atoms with Gasteiger partial charge in [0, 0.05) is 6.21 Å². The van der Waals surface area contributed by atoms with E-state index in [0.29, 0.717) is 6.21 Å². The molecule has 0 heterocycles. The number of halogens is 5. The van der Waals surface area contributed by atoms with E-state index >= 15 is 0 Å². The van der Waals surface area contributed by atoms with E-state index in [4.69, 9.17) is 28.6 Å². The minimum absolute atomic E-state index is 0.377. The summed E-state index contributed by atoms with van der Waals surface area (Å²) in [4.78, 5) is 0. The van der Waals surface area contributed by atoms with Gasteiger partial charge >= 0.3 is 0 Å². The highest BCUT2D eigenvalue weighted by Crippen LogP contribution is 2.30. The first kappa shape index (κ1) is 10.3. The van der Waals surface area contributed by atoms with E-state index in [1.807, 2.05) is 0 Å². The quantitative estimate of drug-likeness (QED) is 0.432. The number of rotatable bonds is 1. The summed E-state index contributed by atoms with van der Waals surface area (Å²) in [6, 6.07) is 0. The molecule has 0 atom stereocenters. The summed E-state index contributed by atoms with van der Waals surface area (Å²) >= 11 is 10.3. The molecule has 70 valence electrons. The van der Waals surface area contributed by atoms with Crippen LogP contribution in [0.15, 0.2) is 0 Å². The molecule has 0 bridgehead atoms. The summed E-state index contributed by atoms with van der Waals surface area (Å²) < 4.78 is 38.5. The molecule has 13 heavy (non-hydrogen) atoms. The first-order valence-corrected chi connectivity index (χ1v) is 3.78. The fraction of sp³-hybridized carbons (Fsp3) is 0. The lowest BCUT2D eigenvalue weighted by atomic mass is 10.2. The van der Waals surface area contributed by atoms with Crippen LogP contribution in [0.25, 0.3) is 0 Å². The molecule has 0 fully saturated rings. The van der Waals surface area contributed by atoms with Crippen molar-refractivity contribution in [2.75, 3.05) is 0 Å². The Bertz CT molecular complexity index is 349. The molecule has 6 heteroatoms. The molecule has 0 aliphatic carbocycles. The third-order valence-corrected chi connectivity index (χ3v) is 2.05. The summed E-state index contributed by atoms with van der Waals surface area (Å²) in [5, 5.41) is 4.82. The van der Waals surface area contributed by atoms with Crippen molar-refractivity contribution in [1.29, 1.82) is 5.41 Å². The molecule has 0 saturated heterocycles. The lowest BCUT2D eigenvalue weighted by Gasteiger charge is -2.04. The number of hydrogen-bond donors (Lipinski definition) is 1. The normalized spacial score (nSPS) is 10.2. The van der Waals surface area contributed by atoms with Gasteiger partial charge in [-0.05, 0) is 0 Å². The molecule has 0 aliphatic heterocycles. The lowest BCUT2D eigenvalue weighted by Crippen LogP contribution is -1.99. The number of benzene rings is 1. The van der Waals surface area contributed by atoms with E-state index in [1.54, 1.807) is 0 Å². The lowest BCUT2D eigenvalue weighted by molar-refractivity contribution is 0.542. The maximum Gasteiger partial charge on any atom is 0.166 e. The highest BCUT2D eigenvalue weighted by molar-refractivity contribution is 6.35. The first-order chi connectivity index (χ1) is 6.00. The van der Waals surface area contributed by atoms with Gasteiger partial charge in [0.1, 0.15) is 10.0 Å². The van der Waals surface area contributed by atoms with Crippen LogP contribution < -0.4 is 0 Å². The molecule has 0 spiro atoms. The summed E-state index contributed by atoms with van der Waals surface area (Å²) in [7, 11) is 0. The average Bonchev–Trinajstić information content (AvgIpc) is 2.13. The SMILES string of the molecule is N=Cc1c(F)c(Cl)c(F)c(Cl)c1F. The zero-order valence-electron chi connectivity index (χ0n) is 5.97. The maximum atomic E-state index is 12.9. The highest BCUT2D eigenvalue weighted by Gasteiger charge is 2.21. The van der Waals surface area contributed by atoms with Crippen LogP contribution in [0.5, 0.6) is 0 Å². The third-order valence-electron chi connectivity index (χ3n) is 1.39. The van der Waals surface area contributed by atoms with Crippen molar-refractivity contribution in [3.05, 3.63) is 33.1 Å². The first-order valence-electron chi connectivity index (χ1n) is 3.02. The van der Waals surface area contributed by atoms with Crippen molar-refractivity contribution in [2.45, 2.75) is 0 Å². The summed E-state index contributed by atoms with van der Waals surface area (Å²) in [5.41, 5.74) is -0.753. The monoisotopic (exact) mass is 227 g/mol. The molecule has 0 unspecified atom stereocenters. The van der Waals surface area contributed by atoms with E-state index in [2.05, 4.69) is 0 Å². The average molecular weight is 228 g/mol. The molecular weight excluding hydrogens is 226 g/mol. The van der Waals surface area contributed by atoms with Crippen LogP contribution in [-0.4, -0.2) is 6.21 Å². The van der Waals surface area contributed by atoms with Gasteiger partial charge in [0.25, 0.3) is 0 Å². The van der Waals surface area contributed by atoms with E-state index in [0.717, 1.165) is 0 Å². The predicted molar refractivity (Wildman–Crippen MR) is 44.2 cm³/mol. The summed E-state index contributed by atoms with van der Waals surface area (Å²) in [6.07, 6.45) is 0.377. The summed E-state index contributed by atoms with van der Waals surface area (Å²) in [6.45, 7) is 0. The Morgan fingerprint density at radius 2 is 1.31 bits per heavy atom. The Morgan fingerprint density at radius 3 is 1.62 bits per heavy atom. The Hall–Kier alpha value is -0.740. The van der Waals surface area contributed by atoms with Gasteiger partial charge in [-0.25, -0.2) is 13.2 Å². The summed E-state index contributed by atoms with van der Waals surface area (Å²) in [5.74, 6) is -4.00. The van der Waals surface area contributed by atoms with Gasteiger partial charge in [-0.15, -0.1) is 0 Å². The zero-order chi connectivity index (χ0) is 10.2.